The van der Waals surface area contributed by atoms with Crippen molar-refractivity contribution in [3.63, 3.8) is 0 Å². The average Bonchev–Trinajstić information content (AvgIpc) is 3.36. The molecule has 0 unspecified atom stereocenters. The Balaban J connectivity index is 0.00000217. The number of hydrogen-bond acceptors (Lipinski definition) is 6. The number of carboxylic acid groups (broad SMARTS) is 1. The minimum atomic E-state index is -3.98. The zero-order valence-electron chi connectivity index (χ0n) is 26.4. The van der Waals surface area contributed by atoms with Crippen LogP contribution in [0.3, 0.4) is 0 Å². The SMILES string of the molecule is C[C@@H](O)[C@H]1C(=O)N2C(C(=O)O)=C(CN3c4cccc5c(CCC[N+]67CC[N+](CC(N)=O)(CC6)CC7)ccc(c45)S3(=O)=O)[C@H](C)[C@H]12.[Cl-].[Cl-]. The third-order valence-corrected chi connectivity index (χ3v) is 13.3. The van der Waals surface area contributed by atoms with E-state index in [-0.39, 0.29) is 47.9 Å². The van der Waals surface area contributed by atoms with Gasteiger partial charge in [0.2, 0.25) is 5.91 Å². The Morgan fingerprint density at radius 1 is 1.04 bits per heavy atom. The van der Waals surface area contributed by atoms with Crippen molar-refractivity contribution in [1.29, 1.82) is 0 Å². The predicted octanol–water partition coefficient (Wildman–Crippen LogP) is -5.37. The van der Waals surface area contributed by atoms with Crippen LogP contribution in [0.15, 0.2) is 46.5 Å². The minimum absolute atomic E-state index is 0. The first-order chi connectivity index (χ1) is 21.3. The Bertz CT molecular complexity index is 1770. The first-order valence-corrected chi connectivity index (χ1v) is 17.3. The molecule has 2 amide bonds. The molecule has 0 aliphatic carbocycles. The van der Waals surface area contributed by atoms with Gasteiger partial charge in [-0.2, -0.15) is 0 Å². The van der Waals surface area contributed by atoms with Gasteiger partial charge in [0, 0.05) is 17.7 Å². The number of nitrogens with two attached hydrogens (primary N) is 1. The lowest BCUT2D eigenvalue weighted by Crippen LogP contribution is -3.00. The van der Waals surface area contributed by atoms with Gasteiger partial charge in [0.25, 0.3) is 15.9 Å². The number of aliphatic hydroxyl groups is 1. The van der Waals surface area contributed by atoms with E-state index in [9.17, 15) is 33.0 Å². The molecule has 0 aromatic heterocycles. The second kappa shape index (κ2) is 12.2. The van der Waals surface area contributed by atoms with Gasteiger partial charge in [-0.1, -0.05) is 25.1 Å². The number of quaternary nitrogens is 2. The monoisotopic (exact) mass is 709 g/mol. The molecule has 6 aliphatic heterocycles. The molecule has 4 fully saturated rings. The summed E-state index contributed by atoms with van der Waals surface area (Å²) in [6, 6.07) is 8.62. The van der Waals surface area contributed by atoms with Gasteiger partial charge < -0.3 is 54.6 Å². The van der Waals surface area contributed by atoms with E-state index in [0.717, 1.165) is 78.6 Å². The molecule has 0 saturated carbocycles. The first kappa shape index (κ1) is 35.4. The molecule has 4 atom stereocenters. The second-order valence-corrected chi connectivity index (χ2v) is 15.7. The van der Waals surface area contributed by atoms with Gasteiger partial charge in [-0.25, -0.2) is 13.2 Å². The Morgan fingerprint density at radius 3 is 2.28 bits per heavy atom. The molecule has 12 nitrogen and oxygen atoms in total. The molecular formula is C32H41Cl2N5O7S. The van der Waals surface area contributed by atoms with Gasteiger partial charge in [-0.15, -0.1) is 0 Å². The molecule has 2 aromatic rings. The van der Waals surface area contributed by atoms with Gasteiger partial charge in [-0.05, 0) is 42.0 Å². The molecule has 4 saturated heterocycles. The van der Waals surface area contributed by atoms with Crippen LogP contribution in [-0.4, -0.2) is 121 Å². The van der Waals surface area contributed by atoms with Crippen LogP contribution in [0.1, 0.15) is 25.8 Å². The van der Waals surface area contributed by atoms with E-state index in [4.69, 9.17) is 5.73 Å². The van der Waals surface area contributed by atoms with Crippen LogP contribution in [0, 0.1) is 11.8 Å². The Labute approximate surface area is 286 Å². The van der Waals surface area contributed by atoms with Crippen molar-refractivity contribution in [2.24, 2.45) is 17.6 Å². The number of amides is 2. The topological polar surface area (TPSA) is 158 Å². The number of anilines is 1. The van der Waals surface area contributed by atoms with Crippen molar-refractivity contribution >= 4 is 44.3 Å². The number of aliphatic carboxylic acids is 1. The summed E-state index contributed by atoms with van der Waals surface area (Å²) in [6.45, 7) is 10.6. The number of primary amides is 1. The first-order valence-electron chi connectivity index (χ1n) is 15.8. The van der Waals surface area contributed by atoms with E-state index in [1.165, 1.54) is 16.1 Å². The zero-order valence-corrected chi connectivity index (χ0v) is 28.8. The number of carboxylic acids is 1. The lowest BCUT2D eigenvalue weighted by atomic mass is 9.78. The zero-order chi connectivity index (χ0) is 32.1. The highest BCUT2D eigenvalue weighted by Crippen LogP contribution is 2.50. The fourth-order valence-corrected chi connectivity index (χ4v) is 10.6. The summed E-state index contributed by atoms with van der Waals surface area (Å²) >= 11 is 0. The summed E-state index contributed by atoms with van der Waals surface area (Å²) in [4.78, 5) is 38.2. The van der Waals surface area contributed by atoms with Crippen LogP contribution in [0.5, 0.6) is 0 Å². The molecule has 2 aromatic carbocycles. The maximum Gasteiger partial charge on any atom is 0.352 e. The number of sulfonamides is 1. The summed E-state index contributed by atoms with van der Waals surface area (Å²) in [6.07, 6.45) is 0.811. The number of carbonyl (C=O) groups is 3. The molecule has 0 spiro atoms. The Hall–Kier alpha value is -2.94. The van der Waals surface area contributed by atoms with E-state index >= 15 is 0 Å². The molecule has 4 N–H and O–H groups in total. The quantitative estimate of drug-likeness (QED) is 0.164. The number of carbonyl (C=O) groups excluding carboxylic acids is 2. The van der Waals surface area contributed by atoms with Crippen LogP contribution < -0.4 is 34.9 Å². The summed E-state index contributed by atoms with van der Waals surface area (Å²) < 4.78 is 31.1. The molecule has 6 heterocycles. The fraction of sp³-hybridized carbons (Fsp3) is 0.531. The normalized spacial score (nSPS) is 30.4. The number of aryl methyl sites for hydroxylation is 1. The number of hydrogen-bond donors (Lipinski definition) is 3. The average molecular weight is 711 g/mol. The lowest BCUT2D eigenvalue weighted by Gasteiger charge is -2.55. The second-order valence-electron chi connectivity index (χ2n) is 13.8. The smallest absolute Gasteiger partial charge is 0.352 e. The lowest BCUT2D eigenvalue weighted by molar-refractivity contribution is -1.08. The summed E-state index contributed by atoms with van der Waals surface area (Å²) in [5.74, 6) is -3.11. The van der Waals surface area contributed by atoms with Gasteiger partial charge in [0.15, 0.2) is 6.54 Å². The third kappa shape index (κ3) is 5.30. The van der Waals surface area contributed by atoms with Crippen molar-refractivity contribution in [3.05, 3.63) is 47.2 Å². The number of piperazine rings is 3. The largest absolute Gasteiger partial charge is 1.00 e. The highest BCUT2D eigenvalue weighted by Gasteiger charge is 2.60. The minimum Gasteiger partial charge on any atom is -1.00 e. The van der Waals surface area contributed by atoms with E-state index in [0.29, 0.717) is 23.2 Å². The number of rotatable bonds is 10. The highest BCUT2D eigenvalue weighted by molar-refractivity contribution is 7.93. The van der Waals surface area contributed by atoms with Crippen molar-refractivity contribution in [2.75, 3.05) is 63.2 Å². The van der Waals surface area contributed by atoms with Crippen molar-refractivity contribution in [3.8, 4) is 0 Å². The van der Waals surface area contributed by atoms with Gasteiger partial charge in [0.1, 0.15) is 45.0 Å². The molecule has 0 radical (unpaired) electrons. The van der Waals surface area contributed by atoms with Crippen molar-refractivity contribution in [2.45, 2.75) is 43.7 Å². The molecule has 47 heavy (non-hydrogen) atoms. The third-order valence-electron chi connectivity index (χ3n) is 11.5. The van der Waals surface area contributed by atoms with Crippen LogP contribution in [0.4, 0.5) is 5.69 Å². The van der Waals surface area contributed by atoms with Crippen LogP contribution in [0.2, 0.25) is 0 Å². The van der Waals surface area contributed by atoms with Gasteiger partial charge >= 0.3 is 5.97 Å². The van der Waals surface area contributed by atoms with E-state index in [2.05, 4.69) is 0 Å². The van der Waals surface area contributed by atoms with Gasteiger partial charge in [0.05, 0.1) is 41.7 Å². The number of benzene rings is 2. The van der Waals surface area contributed by atoms with Gasteiger partial charge in [-0.3, -0.25) is 13.9 Å². The molecule has 8 rings (SSSR count). The fourth-order valence-electron chi connectivity index (χ4n) is 8.94. The highest BCUT2D eigenvalue weighted by atomic mass is 35.5. The number of aliphatic hydroxyl groups excluding tert-OH is 1. The number of β-lactam (4-membered cyclic amide) rings is 1. The molecule has 15 heteroatoms. The summed E-state index contributed by atoms with van der Waals surface area (Å²) in [5, 5.41) is 21.8. The maximum atomic E-state index is 14.0. The van der Waals surface area contributed by atoms with Crippen LogP contribution in [0.25, 0.3) is 10.8 Å². The number of nitrogens with zero attached hydrogens (tertiary/aromatic N) is 4. The summed E-state index contributed by atoms with van der Waals surface area (Å²) in [7, 11) is -3.98. The van der Waals surface area contributed by atoms with Crippen molar-refractivity contribution < 1.29 is 66.8 Å². The van der Waals surface area contributed by atoms with E-state index < -0.39 is 45.9 Å². The number of halogens is 2. The molecule has 2 bridgehead atoms. The maximum absolute atomic E-state index is 14.0. The van der Waals surface area contributed by atoms with Crippen LogP contribution in [-0.2, 0) is 30.8 Å². The van der Waals surface area contributed by atoms with E-state index in [1.54, 1.807) is 19.1 Å². The molecule has 6 aliphatic rings. The Kier molecular flexibility index (Phi) is 9.17. The van der Waals surface area contributed by atoms with E-state index in [1.807, 2.05) is 18.2 Å². The van der Waals surface area contributed by atoms with Crippen molar-refractivity contribution in [1.82, 2.24) is 4.90 Å². The standard InChI is InChI=1S/C32H39N5O7S.2ClH/c1-19-23(30(32(41)42)35-29(19)27(20(2)38)31(35)40)17-34-24-7-3-6-22-21(8-9-25(28(22)24)45(34,43)44)5-4-10-36-11-14-37(15-12-36,16-13-36)18-26(33)39;;/h3,6-9,19-20,27,29,38H,4-5,10-18H2,1-2H3,(H-2,33,39,41,42);2*1H/t19-,20+,27+,29+,36?,37?;;/m0../s1. The molecule has 256 valence electrons. The summed E-state index contributed by atoms with van der Waals surface area (Å²) in [5.41, 5.74) is 7.30. The van der Waals surface area contributed by atoms with Crippen LogP contribution >= 0.6 is 0 Å². The predicted molar refractivity (Wildman–Crippen MR) is 165 cm³/mol. The number of fused-ring (bicyclic) bond motifs is 4. The Morgan fingerprint density at radius 2 is 1.68 bits per heavy atom. The molecular weight excluding hydrogens is 669 g/mol.